The van der Waals surface area contributed by atoms with E-state index in [0.29, 0.717) is 11.4 Å². The first-order valence-electron chi connectivity index (χ1n) is 7.96. The lowest BCUT2D eigenvalue weighted by Gasteiger charge is -2.16. The molecule has 0 unspecified atom stereocenters. The molecule has 4 heteroatoms. The number of aryl methyl sites for hydroxylation is 1. The van der Waals surface area contributed by atoms with E-state index in [1.165, 1.54) is 11.1 Å². The molecular weight excluding hydrogens is 316 g/mol. The summed E-state index contributed by atoms with van der Waals surface area (Å²) in [5.41, 5.74) is 6.13. The van der Waals surface area contributed by atoms with E-state index in [9.17, 15) is 5.26 Å². The molecule has 0 aliphatic heterocycles. The van der Waals surface area contributed by atoms with E-state index < -0.39 is 0 Å². The van der Waals surface area contributed by atoms with Crippen molar-refractivity contribution >= 4 is 11.3 Å². The van der Waals surface area contributed by atoms with Gasteiger partial charge in [-0.15, -0.1) is 11.3 Å². The summed E-state index contributed by atoms with van der Waals surface area (Å²) < 4.78 is 5.47. The smallest absolute Gasteiger partial charge is 0.232 e. The quantitative estimate of drug-likeness (QED) is 0.674. The standard InChI is InChI=1S/C20H16N2OS/c1-23-20-16(12-21)18(17-10-5-11-24-17)15-9-4-7-13-6-2-3-8-14(13)19(15)22-20/h2-3,5-6,8,10-11H,4,7,9H2,1H3. The first-order valence-corrected chi connectivity index (χ1v) is 8.84. The number of ether oxygens (including phenoxy) is 1. The molecule has 1 aliphatic carbocycles. The molecule has 118 valence electrons. The molecular formula is C20H16N2OS. The number of nitrogens with zero attached hydrogens (tertiary/aromatic N) is 2. The third kappa shape index (κ3) is 2.29. The molecule has 3 nitrogen and oxygen atoms in total. The molecule has 24 heavy (non-hydrogen) atoms. The predicted octanol–water partition coefficient (Wildman–Crippen LogP) is 4.85. The van der Waals surface area contributed by atoms with Gasteiger partial charge in [0.25, 0.3) is 0 Å². The fourth-order valence-corrected chi connectivity index (χ4v) is 4.24. The average Bonchev–Trinajstić information content (AvgIpc) is 3.08. The minimum atomic E-state index is 0.413. The first kappa shape index (κ1) is 14.9. The van der Waals surface area contributed by atoms with Crippen molar-refractivity contribution in [2.24, 2.45) is 0 Å². The highest BCUT2D eigenvalue weighted by molar-refractivity contribution is 7.13. The number of nitriles is 1. The van der Waals surface area contributed by atoms with Crippen molar-refractivity contribution in [1.82, 2.24) is 4.98 Å². The zero-order valence-electron chi connectivity index (χ0n) is 13.4. The van der Waals surface area contributed by atoms with Crippen molar-refractivity contribution in [2.75, 3.05) is 7.11 Å². The highest BCUT2D eigenvalue weighted by Crippen LogP contribution is 2.42. The second-order valence-electron chi connectivity index (χ2n) is 5.80. The van der Waals surface area contributed by atoms with E-state index >= 15 is 0 Å². The van der Waals surface area contributed by atoms with Gasteiger partial charge >= 0.3 is 0 Å². The maximum absolute atomic E-state index is 9.73. The van der Waals surface area contributed by atoms with Gasteiger partial charge in [0.05, 0.1) is 12.8 Å². The number of benzene rings is 1. The molecule has 1 aromatic carbocycles. The number of pyridine rings is 1. The molecule has 0 N–H and O–H groups in total. The van der Waals surface area contributed by atoms with E-state index in [2.05, 4.69) is 30.3 Å². The molecule has 2 heterocycles. The zero-order valence-corrected chi connectivity index (χ0v) is 14.2. The fraction of sp³-hybridized carbons (Fsp3) is 0.200. The second-order valence-corrected chi connectivity index (χ2v) is 6.75. The van der Waals surface area contributed by atoms with Gasteiger partial charge < -0.3 is 4.74 Å². The Labute approximate surface area is 145 Å². The molecule has 0 spiro atoms. The molecule has 0 saturated heterocycles. The largest absolute Gasteiger partial charge is 0.480 e. The number of hydrogen-bond acceptors (Lipinski definition) is 4. The highest BCUT2D eigenvalue weighted by Gasteiger charge is 2.25. The van der Waals surface area contributed by atoms with Gasteiger partial charge in [-0.05, 0) is 41.8 Å². The van der Waals surface area contributed by atoms with Crippen molar-refractivity contribution in [2.45, 2.75) is 19.3 Å². The summed E-state index contributed by atoms with van der Waals surface area (Å²) >= 11 is 1.65. The van der Waals surface area contributed by atoms with Gasteiger partial charge in [-0.25, -0.2) is 4.98 Å². The Balaban J connectivity index is 2.11. The lowest BCUT2D eigenvalue weighted by molar-refractivity contribution is 0.397. The van der Waals surface area contributed by atoms with Gasteiger partial charge in [-0.3, -0.25) is 0 Å². The Morgan fingerprint density at radius 2 is 2.04 bits per heavy atom. The van der Waals surface area contributed by atoms with Crippen molar-refractivity contribution < 1.29 is 4.74 Å². The topological polar surface area (TPSA) is 45.9 Å². The maximum atomic E-state index is 9.73. The number of fused-ring (bicyclic) bond motifs is 3. The molecule has 0 fully saturated rings. The summed E-state index contributed by atoms with van der Waals surface area (Å²) in [5.74, 6) is 0.413. The molecule has 3 aromatic rings. The van der Waals surface area contributed by atoms with Crippen LogP contribution in [0.5, 0.6) is 5.88 Å². The van der Waals surface area contributed by atoms with Crippen LogP contribution < -0.4 is 4.74 Å². The number of methoxy groups -OCH3 is 1. The number of thiophene rings is 1. The van der Waals surface area contributed by atoms with Gasteiger partial charge in [0.1, 0.15) is 11.6 Å². The zero-order chi connectivity index (χ0) is 16.5. The van der Waals surface area contributed by atoms with E-state index in [1.807, 2.05) is 17.5 Å². The van der Waals surface area contributed by atoms with Crippen molar-refractivity contribution in [1.29, 1.82) is 5.26 Å². The van der Waals surface area contributed by atoms with Crippen LogP contribution in [-0.4, -0.2) is 12.1 Å². The van der Waals surface area contributed by atoms with Gasteiger partial charge in [-0.1, -0.05) is 30.3 Å². The molecule has 0 bridgehead atoms. The SMILES string of the molecule is COc1nc2c(c(-c3cccs3)c1C#N)CCCc1ccccc1-2. The average molecular weight is 332 g/mol. The third-order valence-electron chi connectivity index (χ3n) is 4.48. The molecule has 1 aliphatic rings. The van der Waals surface area contributed by atoms with Crippen LogP contribution in [0.3, 0.4) is 0 Å². The van der Waals surface area contributed by atoms with Gasteiger partial charge in [-0.2, -0.15) is 5.26 Å². The van der Waals surface area contributed by atoms with Crippen LogP contribution in [-0.2, 0) is 12.8 Å². The molecule has 0 amide bonds. The monoisotopic (exact) mass is 332 g/mol. The Morgan fingerprint density at radius 1 is 1.17 bits per heavy atom. The third-order valence-corrected chi connectivity index (χ3v) is 5.37. The Kier molecular flexibility index (Phi) is 3.79. The van der Waals surface area contributed by atoms with E-state index in [4.69, 9.17) is 9.72 Å². The first-order chi connectivity index (χ1) is 11.8. The molecule has 2 aromatic heterocycles. The Bertz CT molecular complexity index is 939. The van der Waals surface area contributed by atoms with Crippen LogP contribution in [0.4, 0.5) is 0 Å². The Morgan fingerprint density at radius 3 is 2.79 bits per heavy atom. The summed E-state index contributed by atoms with van der Waals surface area (Å²) in [6.07, 6.45) is 3.00. The van der Waals surface area contributed by atoms with Gasteiger partial charge in [0.2, 0.25) is 5.88 Å². The van der Waals surface area contributed by atoms with E-state index in [0.717, 1.165) is 41.0 Å². The Hall–Kier alpha value is -2.64. The molecule has 0 saturated carbocycles. The van der Waals surface area contributed by atoms with Crippen LogP contribution in [0.1, 0.15) is 23.1 Å². The predicted molar refractivity (Wildman–Crippen MR) is 96.3 cm³/mol. The van der Waals surface area contributed by atoms with Gasteiger partial charge in [0, 0.05) is 16.0 Å². The van der Waals surface area contributed by atoms with Crippen molar-refractivity contribution in [3.63, 3.8) is 0 Å². The second kappa shape index (κ2) is 6.10. The molecule has 0 atom stereocenters. The number of hydrogen-bond donors (Lipinski definition) is 0. The van der Waals surface area contributed by atoms with Crippen LogP contribution in [0.15, 0.2) is 41.8 Å². The molecule has 4 rings (SSSR count). The highest BCUT2D eigenvalue weighted by atomic mass is 32.1. The summed E-state index contributed by atoms with van der Waals surface area (Å²) in [7, 11) is 1.58. The number of rotatable bonds is 2. The minimum Gasteiger partial charge on any atom is -0.480 e. The minimum absolute atomic E-state index is 0.413. The van der Waals surface area contributed by atoms with Crippen LogP contribution >= 0.6 is 11.3 Å². The maximum Gasteiger partial charge on any atom is 0.232 e. The van der Waals surface area contributed by atoms with Gasteiger partial charge in [0.15, 0.2) is 0 Å². The van der Waals surface area contributed by atoms with Crippen molar-refractivity contribution in [3.8, 4) is 33.6 Å². The van der Waals surface area contributed by atoms with Crippen molar-refractivity contribution in [3.05, 3.63) is 58.5 Å². The molecule has 0 radical (unpaired) electrons. The summed E-state index contributed by atoms with van der Waals surface area (Å²) in [6, 6.07) is 14.8. The van der Waals surface area contributed by atoms with E-state index in [1.54, 1.807) is 18.4 Å². The lowest BCUT2D eigenvalue weighted by atomic mass is 9.94. The summed E-state index contributed by atoms with van der Waals surface area (Å²) in [5, 5.41) is 11.8. The van der Waals surface area contributed by atoms with Crippen LogP contribution in [0.25, 0.3) is 21.7 Å². The van der Waals surface area contributed by atoms with Crippen LogP contribution in [0.2, 0.25) is 0 Å². The lowest BCUT2D eigenvalue weighted by Crippen LogP contribution is -2.03. The fourth-order valence-electron chi connectivity index (χ4n) is 3.44. The summed E-state index contributed by atoms with van der Waals surface area (Å²) in [6.45, 7) is 0. The van der Waals surface area contributed by atoms with Crippen LogP contribution in [0, 0.1) is 11.3 Å². The number of aromatic nitrogens is 1. The summed E-state index contributed by atoms with van der Waals surface area (Å²) in [4.78, 5) is 5.83. The normalized spacial score (nSPS) is 12.7. The van der Waals surface area contributed by atoms with E-state index in [-0.39, 0.29) is 0 Å².